The van der Waals surface area contributed by atoms with E-state index in [0.29, 0.717) is 5.92 Å². The first-order chi connectivity index (χ1) is 10.2. The third-order valence-corrected chi connectivity index (χ3v) is 4.55. The first kappa shape index (κ1) is 15.8. The van der Waals surface area contributed by atoms with Gasteiger partial charge < -0.3 is 5.32 Å². The highest BCUT2D eigenvalue weighted by atomic mass is 32.2. The molecule has 112 valence electrons. The highest BCUT2D eigenvalue weighted by Crippen LogP contribution is 2.25. The summed E-state index contributed by atoms with van der Waals surface area (Å²) in [5.41, 5.74) is 1.06. The molecule has 0 amide bonds. The topological polar surface area (TPSA) is 37.8 Å². The van der Waals surface area contributed by atoms with Crippen LogP contribution in [0, 0.1) is 5.92 Å². The van der Waals surface area contributed by atoms with E-state index in [4.69, 9.17) is 4.98 Å². The van der Waals surface area contributed by atoms with Gasteiger partial charge in [0.1, 0.15) is 10.8 Å². The monoisotopic (exact) mass is 301 g/mol. The molecule has 21 heavy (non-hydrogen) atoms. The van der Waals surface area contributed by atoms with Crippen LogP contribution in [0.25, 0.3) is 11.4 Å². The average molecular weight is 301 g/mol. The normalized spacial score (nSPS) is 12.1. The van der Waals surface area contributed by atoms with E-state index in [9.17, 15) is 0 Å². The van der Waals surface area contributed by atoms with E-state index in [-0.39, 0.29) is 0 Å². The lowest BCUT2D eigenvalue weighted by molar-refractivity contribution is 0.636. The van der Waals surface area contributed by atoms with Gasteiger partial charge in [-0.3, -0.25) is 0 Å². The van der Waals surface area contributed by atoms with E-state index in [1.54, 1.807) is 0 Å². The number of benzene rings is 1. The van der Waals surface area contributed by atoms with Crippen molar-refractivity contribution < 1.29 is 0 Å². The van der Waals surface area contributed by atoms with Crippen molar-refractivity contribution in [2.24, 2.45) is 5.92 Å². The maximum absolute atomic E-state index is 4.70. The first-order valence-electron chi connectivity index (χ1n) is 7.54. The van der Waals surface area contributed by atoms with Gasteiger partial charge in [0.15, 0.2) is 5.82 Å². The van der Waals surface area contributed by atoms with Crippen molar-refractivity contribution in [2.45, 2.75) is 32.2 Å². The summed E-state index contributed by atoms with van der Waals surface area (Å²) >= 11 is 1.81. The lowest BCUT2D eigenvalue weighted by atomic mass is 10.2. The number of anilines is 1. The largest absolute Gasteiger partial charge is 0.370 e. The molecule has 0 radical (unpaired) electrons. The molecular formula is C17H23N3S. The summed E-state index contributed by atoms with van der Waals surface area (Å²) in [5, 5.41) is 4.34. The molecule has 2 rings (SSSR count). The van der Waals surface area contributed by atoms with Gasteiger partial charge in [-0.2, -0.15) is 0 Å². The minimum Gasteiger partial charge on any atom is -0.370 e. The number of nitrogens with one attached hydrogen (secondary N) is 1. The predicted molar refractivity (Wildman–Crippen MR) is 91.8 cm³/mol. The summed E-state index contributed by atoms with van der Waals surface area (Å²) in [6.07, 6.45) is 1.20. The molecule has 3 nitrogen and oxygen atoms in total. The second kappa shape index (κ2) is 8.03. The Morgan fingerprint density at radius 2 is 1.90 bits per heavy atom. The molecule has 0 saturated heterocycles. The summed E-state index contributed by atoms with van der Waals surface area (Å²) in [6.45, 7) is 7.44. The molecule has 0 aliphatic heterocycles. The van der Waals surface area contributed by atoms with Crippen LogP contribution in [-0.2, 0) is 0 Å². The Balaban J connectivity index is 2.26. The Bertz CT molecular complexity index is 557. The zero-order chi connectivity index (χ0) is 15.1. The molecule has 1 aromatic carbocycles. The van der Waals surface area contributed by atoms with E-state index in [1.165, 1.54) is 6.42 Å². The molecule has 1 atom stereocenters. The summed E-state index contributed by atoms with van der Waals surface area (Å²) in [4.78, 5) is 9.31. The van der Waals surface area contributed by atoms with Crippen LogP contribution in [-0.4, -0.2) is 22.3 Å². The number of hydrogen-bond acceptors (Lipinski definition) is 4. The minimum absolute atomic E-state index is 0.702. The van der Waals surface area contributed by atoms with Crippen LogP contribution in [0.1, 0.15) is 27.2 Å². The van der Waals surface area contributed by atoms with Gasteiger partial charge in [0, 0.05) is 23.9 Å². The van der Waals surface area contributed by atoms with E-state index in [1.807, 2.05) is 48.2 Å². The number of rotatable bonds is 7. The maximum atomic E-state index is 4.70. The zero-order valence-electron chi connectivity index (χ0n) is 13.0. The zero-order valence-corrected chi connectivity index (χ0v) is 13.8. The predicted octanol–water partition coefficient (Wildman–Crippen LogP) is 4.71. The van der Waals surface area contributed by atoms with Crippen molar-refractivity contribution in [1.82, 2.24) is 9.97 Å². The molecule has 0 bridgehead atoms. The van der Waals surface area contributed by atoms with Crippen LogP contribution >= 0.6 is 11.8 Å². The van der Waals surface area contributed by atoms with Gasteiger partial charge >= 0.3 is 0 Å². The quantitative estimate of drug-likeness (QED) is 0.593. The van der Waals surface area contributed by atoms with Crippen LogP contribution in [0.15, 0.2) is 41.4 Å². The Morgan fingerprint density at radius 3 is 2.57 bits per heavy atom. The number of thioether (sulfide) groups is 1. The van der Waals surface area contributed by atoms with Crippen LogP contribution in [0.4, 0.5) is 5.82 Å². The van der Waals surface area contributed by atoms with Gasteiger partial charge in [-0.15, -0.1) is 11.8 Å². The van der Waals surface area contributed by atoms with Crippen molar-refractivity contribution in [3.05, 3.63) is 36.4 Å². The van der Waals surface area contributed by atoms with E-state index in [0.717, 1.165) is 34.5 Å². The summed E-state index contributed by atoms with van der Waals surface area (Å²) in [5.74, 6) is 3.49. The number of nitrogens with zero attached hydrogens (tertiary/aromatic N) is 2. The number of hydrogen-bond donors (Lipinski definition) is 1. The summed E-state index contributed by atoms with van der Waals surface area (Å²) in [7, 11) is 0. The maximum Gasteiger partial charge on any atom is 0.162 e. The third kappa shape index (κ3) is 4.74. The molecule has 0 fully saturated rings. The van der Waals surface area contributed by atoms with Gasteiger partial charge in [-0.1, -0.05) is 50.6 Å². The molecule has 0 saturated carbocycles. The highest BCUT2D eigenvalue weighted by molar-refractivity contribution is 7.99. The molecule has 2 aromatic rings. The second-order valence-electron chi connectivity index (χ2n) is 5.14. The smallest absolute Gasteiger partial charge is 0.162 e. The molecule has 0 aliphatic rings. The molecular weight excluding hydrogens is 278 g/mol. The van der Waals surface area contributed by atoms with Crippen LogP contribution < -0.4 is 5.32 Å². The van der Waals surface area contributed by atoms with Crippen LogP contribution in [0.5, 0.6) is 0 Å². The molecule has 1 unspecified atom stereocenters. The molecule has 1 aromatic heterocycles. The van der Waals surface area contributed by atoms with Crippen LogP contribution in [0.3, 0.4) is 0 Å². The van der Waals surface area contributed by atoms with Crippen molar-refractivity contribution in [3.63, 3.8) is 0 Å². The SMILES string of the molecule is CCNc1cc(SCC(C)CC)nc(-c2ccccc2)n1. The molecule has 0 aliphatic carbocycles. The van der Waals surface area contributed by atoms with Gasteiger partial charge in [-0.05, 0) is 12.8 Å². The van der Waals surface area contributed by atoms with Gasteiger partial charge in [-0.25, -0.2) is 9.97 Å². The molecule has 1 heterocycles. The minimum atomic E-state index is 0.702. The fraction of sp³-hybridized carbons (Fsp3) is 0.412. The second-order valence-corrected chi connectivity index (χ2v) is 6.18. The fourth-order valence-electron chi connectivity index (χ4n) is 1.83. The van der Waals surface area contributed by atoms with Gasteiger partial charge in [0.2, 0.25) is 0 Å². The van der Waals surface area contributed by atoms with E-state index in [2.05, 4.69) is 31.1 Å². The van der Waals surface area contributed by atoms with Crippen molar-refractivity contribution in [2.75, 3.05) is 17.6 Å². The van der Waals surface area contributed by atoms with E-state index >= 15 is 0 Å². The molecule has 1 N–H and O–H groups in total. The fourth-order valence-corrected chi connectivity index (χ4v) is 2.87. The Kier molecular flexibility index (Phi) is 6.05. The Labute approximate surface area is 131 Å². The molecule has 0 spiro atoms. The van der Waals surface area contributed by atoms with Crippen LogP contribution in [0.2, 0.25) is 0 Å². The lowest BCUT2D eigenvalue weighted by Gasteiger charge is -2.11. The third-order valence-electron chi connectivity index (χ3n) is 3.31. The van der Waals surface area contributed by atoms with Gasteiger partial charge in [0.05, 0.1) is 0 Å². The summed E-state index contributed by atoms with van der Waals surface area (Å²) in [6, 6.07) is 12.2. The van der Waals surface area contributed by atoms with Crippen molar-refractivity contribution >= 4 is 17.6 Å². The van der Waals surface area contributed by atoms with Crippen molar-refractivity contribution in [3.8, 4) is 11.4 Å². The standard InChI is InChI=1S/C17H23N3S/c1-4-13(3)12-21-16-11-15(18-5-2)19-17(20-16)14-9-7-6-8-10-14/h6-11,13H,4-5,12H2,1-3H3,(H,18,19,20). The number of aromatic nitrogens is 2. The Hall–Kier alpha value is -1.55. The molecule has 4 heteroatoms. The Morgan fingerprint density at radius 1 is 1.14 bits per heavy atom. The highest BCUT2D eigenvalue weighted by Gasteiger charge is 2.08. The lowest BCUT2D eigenvalue weighted by Crippen LogP contribution is -2.03. The first-order valence-corrected chi connectivity index (χ1v) is 8.52. The van der Waals surface area contributed by atoms with E-state index < -0.39 is 0 Å². The summed E-state index contributed by atoms with van der Waals surface area (Å²) < 4.78 is 0. The van der Waals surface area contributed by atoms with Crippen molar-refractivity contribution in [1.29, 1.82) is 0 Å². The van der Waals surface area contributed by atoms with Gasteiger partial charge in [0.25, 0.3) is 0 Å². The average Bonchev–Trinajstić information content (AvgIpc) is 2.53.